The summed E-state index contributed by atoms with van der Waals surface area (Å²) in [6.07, 6.45) is 2.12. The van der Waals surface area contributed by atoms with E-state index in [1.807, 2.05) is 58.0 Å². The van der Waals surface area contributed by atoms with Gasteiger partial charge in [0.1, 0.15) is 5.82 Å². The van der Waals surface area contributed by atoms with Crippen LogP contribution in [0.3, 0.4) is 0 Å². The van der Waals surface area contributed by atoms with Gasteiger partial charge in [-0.3, -0.25) is 9.78 Å². The molecule has 5 rings (SSSR count). The Morgan fingerprint density at radius 2 is 1.82 bits per heavy atom. The van der Waals surface area contributed by atoms with E-state index in [1.54, 1.807) is 0 Å². The normalized spacial score (nSPS) is 21.3. The van der Waals surface area contributed by atoms with Crippen molar-refractivity contribution in [2.45, 2.75) is 77.8 Å². The molecular weight excluding hydrogens is 481 g/mol. The number of para-hydroxylation sites is 1. The summed E-state index contributed by atoms with van der Waals surface area (Å²) in [6, 6.07) is 14.7. The highest BCUT2D eigenvalue weighted by Gasteiger charge is 2.45. The second-order valence-corrected chi connectivity index (χ2v) is 11.7. The topological polar surface area (TPSA) is 57.7 Å². The Morgan fingerprint density at radius 1 is 1.13 bits per heavy atom. The van der Waals surface area contributed by atoms with Crippen LogP contribution in [0.25, 0.3) is 27.6 Å². The van der Waals surface area contributed by atoms with Gasteiger partial charge in [-0.1, -0.05) is 50.8 Å². The van der Waals surface area contributed by atoms with Gasteiger partial charge in [-0.15, -0.1) is 0 Å². The summed E-state index contributed by atoms with van der Waals surface area (Å²) in [6.45, 7) is 14.2. The zero-order valence-electron chi connectivity index (χ0n) is 22.8. The first kappa shape index (κ1) is 26.5. The van der Waals surface area contributed by atoms with Crippen LogP contribution in [0.2, 0.25) is 0 Å². The Bertz CT molecular complexity index is 1370. The Labute approximate surface area is 224 Å². The molecule has 1 saturated carbocycles. The number of benzene rings is 2. The van der Waals surface area contributed by atoms with Crippen molar-refractivity contribution in [2.75, 3.05) is 6.61 Å². The summed E-state index contributed by atoms with van der Waals surface area (Å²) in [7, 11) is 0. The number of pyridine rings is 1. The molecule has 0 amide bonds. The van der Waals surface area contributed by atoms with Crippen molar-refractivity contribution >= 4 is 22.4 Å². The maximum Gasteiger partial charge on any atom is 0.302 e. The van der Waals surface area contributed by atoms with Crippen LogP contribution in [0, 0.1) is 11.2 Å². The SMILES string of the molecule is C=C(c1c(C2CC2)nc2ccccc2c1-c1ccc(F)cc1)[C@@H]1C[C@@H](C(C)(C)COC(C)=O)OC(C)(C)O1. The van der Waals surface area contributed by atoms with E-state index in [2.05, 4.69) is 12.6 Å². The Balaban J connectivity index is 1.62. The first-order chi connectivity index (χ1) is 17.9. The number of fused-ring (bicyclic) bond motifs is 1. The molecule has 6 heteroatoms. The summed E-state index contributed by atoms with van der Waals surface area (Å²) < 4.78 is 32.2. The van der Waals surface area contributed by atoms with Crippen molar-refractivity contribution < 1.29 is 23.4 Å². The number of rotatable bonds is 7. The maximum absolute atomic E-state index is 13.9. The lowest BCUT2D eigenvalue weighted by molar-refractivity contribution is -0.307. The largest absolute Gasteiger partial charge is 0.465 e. The van der Waals surface area contributed by atoms with Gasteiger partial charge in [0, 0.05) is 41.2 Å². The second-order valence-electron chi connectivity index (χ2n) is 11.7. The zero-order valence-corrected chi connectivity index (χ0v) is 22.8. The molecule has 2 aromatic carbocycles. The summed E-state index contributed by atoms with van der Waals surface area (Å²) in [5.74, 6) is -1.10. The Hall–Kier alpha value is -3.09. The minimum atomic E-state index is -0.871. The monoisotopic (exact) mass is 517 g/mol. The number of nitrogens with zero attached hydrogens (tertiary/aromatic N) is 1. The van der Waals surface area contributed by atoms with Crippen molar-refractivity contribution in [1.82, 2.24) is 4.98 Å². The highest BCUT2D eigenvalue weighted by molar-refractivity contribution is 6.01. The molecule has 0 bridgehead atoms. The lowest BCUT2D eigenvalue weighted by atomic mass is 9.80. The van der Waals surface area contributed by atoms with E-state index in [9.17, 15) is 9.18 Å². The molecule has 1 aromatic heterocycles. The van der Waals surface area contributed by atoms with Gasteiger partial charge < -0.3 is 14.2 Å². The third-order valence-electron chi connectivity index (χ3n) is 7.53. The van der Waals surface area contributed by atoms with Gasteiger partial charge in [0.2, 0.25) is 0 Å². The van der Waals surface area contributed by atoms with Gasteiger partial charge in [-0.05, 0) is 56.0 Å². The van der Waals surface area contributed by atoms with Crippen LogP contribution in [-0.2, 0) is 19.0 Å². The molecule has 5 nitrogen and oxygen atoms in total. The number of hydrogen-bond acceptors (Lipinski definition) is 5. The van der Waals surface area contributed by atoms with Crippen LogP contribution in [0.4, 0.5) is 4.39 Å². The first-order valence-electron chi connectivity index (χ1n) is 13.3. The smallest absolute Gasteiger partial charge is 0.302 e. The van der Waals surface area contributed by atoms with E-state index >= 15 is 0 Å². The molecule has 2 heterocycles. The van der Waals surface area contributed by atoms with Crippen LogP contribution >= 0.6 is 0 Å². The molecule has 2 atom stereocenters. The number of carbonyl (C=O) groups is 1. The molecular formula is C32H36FNO4. The third kappa shape index (κ3) is 5.38. The van der Waals surface area contributed by atoms with Crippen molar-refractivity contribution in [3.8, 4) is 11.1 Å². The van der Waals surface area contributed by atoms with Crippen molar-refractivity contribution in [3.63, 3.8) is 0 Å². The molecule has 200 valence electrons. The molecule has 0 radical (unpaired) electrons. The van der Waals surface area contributed by atoms with Gasteiger partial charge in [0.15, 0.2) is 5.79 Å². The molecule has 1 aliphatic carbocycles. The minimum absolute atomic E-state index is 0.237. The number of hydrogen-bond donors (Lipinski definition) is 0. The summed E-state index contributed by atoms with van der Waals surface area (Å²) >= 11 is 0. The van der Waals surface area contributed by atoms with E-state index in [0.717, 1.165) is 51.7 Å². The standard InChI is InChI=1S/C32H36FNO4/c1-19(26-17-27(38-32(5,6)37-26)31(3,4)18-36-20(2)35)28-29(21-13-15-23(33)16-14-21)24-9-7-8-10-25(24)34-30(28)22-11-12-22/h7-10,13-16,22,26-27H,1,11-12,17-18H2,2-6H3/t26-,27-/m0/s1. The highest BCUT2D eigenvalue weighted by atomic mass is 19.1. The number of aromatic nitrogens is 1. The van der Waals surface area contributed by atoms with Crippen molar-refractivity contribution in [1.29, 1.82) is 0 Å². The molecule has 0 spiro atoms. The van der Waals surface area contributed by atoms with Crippen LogP contribution in [0.15, 0.2) is 55.1 Å². The molecule has 3 aromatic rings. The number of carbonyl (C=O) groups excluding carboxylic acids is 1. The Morgan fingerprint density at radius 3 is 2.47 bits per heavy atom. The van der Waals surface area contributed by atoms with E-state index in [-0.39, 0.29) is 30.6 Å². The van der Waals surface area contributed by atoms with Gasteiger partial charge in [0.25, 0.3) is 0 Å². The number of esters is 1. The van der Waals surface area contributed by atoms with Gasteiger partial charge in [-0.25, -0.2) is 4.39 Å². The van der Waals surface area contributed by atoms with E-state index < -0.39 is 11.2 Å². The van der Waals surface area contributed by atoms with Crippen LogP contribution in [0.5, 0.6) is 0 Å². The van der Waals surface area contributed by atoms with Crippen molar-refractivity contribution in [3.05, 3.63) is 72.2 Å². The molecule has 2 aliphatic rings. The summed E-state index contributed by atoms with van der Waals surface area (Å²) in [4.78, 5) is 16.7. The van der Waals surface area contributed by atoms with E-state index in [1.165, 1.54) is 19.1 Å². The number of ether oxygens (including phenoxy) is 3. The predicted octanol–water partition coefficient (Wildman–Crippen LogP) is 7.43. The fraction of sp³-hybridized carbons (Fsp3) is 0.438. The van der Waals surface area contributed by atoms with Gasteiger partial charge in [0.05, 0.1) is 30.0 Å². The van der Waals surface area contributed by atoms with E-state index in [4.69, 9.17) is 19.2 Å². The van der Waals surface area contributed by atoms with Crippen LogP contribution < -0.4 is 0 Å². The average molecular weight is 518 g/mol. The van der Waals surface area contributed by atoms with Gasteiger partial charge >= 0.3 is 5.97 Å². The third-order valence-corrected chi connectivity index (χ3v) is 7.53. The fourth-order valence-electron chi connectivity index (χ4n) is 5.36. The lowest BCUT2D eigenvalue weighted by Crippen LogP contribution is -2.51. The maximum atomic E-state index is 13.9. The average Bonchev–Trinajstić information content (AvgIpc) is 3.71. The van der Waals surface area contributed by atoms with E-state index in [0.29, 0.717) is 12.3 Å². The fourth-order valence-corrected chi connectivity index (χ4v) is 5.36. The molecule has 0 N–H and O–H groups in total. The van der Waals surface area contributed by atoms with Crippen LogP contribution in [0.1, 0.15) is 71.1 Å². The number of halogens is 1. The minimum Gasteiger partial charge on any atom is -0.465 e. The molecule has 1 saturated heterocycles. The predicted molar refractivity (Wildman–Crippen MR) is 147 cm³/mol. The molecule has 0 unspecified atom stereocenters. The summed E-state index contributed by atoms with van der Waals surface area (Å²) in [5, 5.41) is 0.998. The van der Waals surface area contributed by atoms with Crippen LogP contribution in [-0.4, -0.2) is 35.6 Å². The van der Waals surface area contributed by atoms with Gasteiger partial charge in [-0.2, -0.15) is 0 Å². The zero-order chi connectivity index (χ0) is 27.2. The molecule has 2 fully saturated rings. The molecule has 1 aliphatic heterocycles. The first-order valence-corrected chi connectivity index (χ1v) is 13.3. The van der Waals surface area contributed by atoms with Crippen molar-refractivity contribution in [2.24, 2.45) is 5.41 Å². The lowest BCUT2D eigenvalue weighted by Gasteiger charge is -2.47. The summed E-state index contributed by atoms with van der Waals surface area (Å²) in [5.41, 5.74) is 5.25. The second kappa shape index (κ2) is 9.90. The molecule has 38 heavy (non-hydrogen) atoms. The quantitative estimate of drug-likeness (QED) is 0.305. The highest BCUT2D eigenvalue weighted by Crippen LogP contribution is 2.49. The Kier molecular flexibility index (Phi) is 6.91.